The summed E-state index contributed by atoms with van der Waals surface area (Å²) < 4.78 is 15.0. The molecule has 0 spiro atoms. The van der Waals surface area contributed by atoms with Crippen LogP contribution >= 0.6 is 11.8 Å². The lowest BCUT2D eigenvalue weighted by atomic mass is 10.3. The van der Waals surface area contributed by atoms with Gasteiger partial charge in [0.1, 0.15) is 5.75 Å². The van der Waals surface area contributed by atoms with Crippen LogP contribution in [0.2, 0.25) is 0 Å². The Morgan fingerprint density at radius 3 is 2.15 bits per heavy atom. The Kier molecular flexibility index (Phi) is 6.93. The topological polar surface area (TPSA) is 61.8 Å². The molecule has 0 amide bonds. The normalized spacial score (nSPS) is 10.2. The molecule has 0 bridgehead atoms. The number of hydrogen-bond donors (Lipinski definition) is 0. The molecule has 1 aromatic carbocycles. The van der Waals surface area contributed by atoms with E-state index in [9.17, 15) is 9.59 Å². The van der Waals surface area contributed by atoms with Crippen LogP contribution in [-0.4, -0.2) is 37.5 Å². The molecule has 0 radical (unpaired) electrons. The molecule has 0 N–H and O–H groups in total. The monoisotopic (exact) mass is 298 g/mol. The molecule has 0 aliphatic rings. The number of ether oxygens (including phenoxy) is 3. The van der Waals surface area contributed by atoms with Gasteiger partial charge in [0.15, 0.2) is 0 Å². The first kappa shape index (κ1) is 16.4. The Morgan fingerprint density at radius 2 is 1.65 bits per heavy atom. The van der Waals surface area contributed by atoms with Gasteiger partial charge in [-0.1, -0.05) is 23.9 Å². The third-order valence-corrected chi connectivity index (χ3v) is 3.53. The lowest BCUT2D eigenvalue weighted by Crippen LogP contribution is -2.30. The average Bonchev–Trinajstić information content (AvgIpc) is 2.45. The van der Waals surface area contributed by atoms with Crippen LogP contribution in [0.1, 0.15) is 13.8 Å². The van der Waals surface area contributed by atoms with Gasteiger partial charge in [-0.3, -0.25) is 9.59 Å². The van der Waals surface area contributed by atoms with E-state index in [0.717, 1.165) is 11.8 Å². The molecular formula is C14H18O5S. The quantitative estimate of drug-likeness (QED) is 0.437. The third-order valence-electron chi connectivity index (χ3n) is 2.32. The summed E-state index contributed by atoms with van der Waals surface area (Å²) in [5.74, 6) is -0.625. The second-order valence-corrected chi connectivity index (χ2v) is 4.80. The van der Waals surface area contributed by atoms with Crippen molar-refractivity contribution in [1.82, 2.24) is 0 Å². The van der Waals surface area contributed by atoms with Gasteiger partial charge in [-0.2, -0.15) is 0 Å². The number of esters is 2. The van der Waals surface area contributed by atoms with Gasteiger partial charge in [0.25, 0.3) is 0 Å². The maximum Gasteiger partial charge on any atom is 0.331 e. The van der Waals surface area contributed by atoms with Gasteiger partial charge in [0.2, 0.25) is 5.25 Å². The average molecular weight is 298 g/mol. The molecule has 0 aliphatic carbocycles. The van der Waals surface area contributed by atoms with Gasteiger partial charge in [0.05, 0.1) is 25.2 Å². The van der Waals surface area contributed by atoms with Gasteiger partial charge >= 0.3 is 11.9 Å². The number of carbonyl (C=O) groups is 2. The third kappa shape index (κ3) is 4.45. The van der Waals surface area contributed by atoms with Crippen molar-refractivity contribution in [3.8, 4) is 5.75 Å². The first-order valence-corrected chi connectivity index (χ1v) is 7.14. The van der Waals surface area contributed by atoms with Gasteiger partial charge in [-0.15, -0.1) is 0 Å². The van der Waals surface area contributed by atoms with Crippen LogP contribution < -0.4 is 4.74 Å². The van der Waals surface area contributed by atoms with E-state index in [4.69, 9.17) is 14.2 Å². The highest BCUT2D eigenvalue weighted by molar-refractivity contribution is 8.01. The number of carbonyl (C=O) groups excluding carboxylic acids is 2. The second-order valence-electron chi connectivity index (χ2n) is 3.65. The SMILES string of the molecule is CCOC(=O)C(Sc1ccccc1OC)C(=O)OCC. The van der Waals surface area contributed by atoms with Crippen molar-refractivity contribution in [3.63, 3.8) is 0 Å². The van der Waals surface area contributed by atoms with E-state index in [1.807, 2.05) is 6.07 Å². The zero-order chi connectivity index (χ0) is 15.0. The summed E-state index contributed by atoms with van der Waals surface area (Å²) in [6, 6.07) is 7.15. The molecule has 20 heavy (non-hydrogen) atoms. The highest BCUT2D eigenvalue weighted by atomic mass is 32.2. The van der Waals surface area contributed by atoms with Gasteiger partial charge in [-0.05, 0) is 26.0 Å². The minimum absolute atomic E-state index is 0.210. The molecule has 0 fully saturated rings. The summed E-state index contributed by atoms with van der Waals surface area (Å²) in [6.45, 7) is 3.80. The van der Waals surface area contributed by atoms with Gasteiger partial charge in [0, 0.05) is 0 Å². The van der Waals surface area contributed by atoms with Crippen LogP contribution in [0.25, 0.3) is 0 Å². The molecule has 110 valence electrons. The van der Waals surface area contributed by atoms with Crippen LogP contribution in [0.5, 0.6) is 5.75 Å². The Labute approximate surface area is 122 Å². The maximum absolute atomic E-state index is 11.9. The summed E-state index contributed by atoms with van der Waals surface area (Å²) in [4.78, 5) is 24.4. The largest absolute Gasteiger partial charge is 0.496 e. The first-order valence-electron chi connectivity index (χ1n) is 6.26. The summed E-state index contributed by atoms with van der Waals surface area (Å²) in [5, 5.41) is -1.05. The number of rotatable bonds is 7. The van der Waals surface area contributed by atoms with Gasteiger partial charge < -0.3 is 14.2 Å². The highest BCUT2D eigenvalue weighted by Gasteiger charge is 2.31. The molecular weight excluding hydrogens is 280 g/mol. The van der Waals surface area contributed by atoms with Crippen LogP contribution in [0.15, 0.2) is 29.2 Å². The number of methoxy groups -OCH3 is 1. The fraction of sp³-hybridized carbons (Fsp3) is 0.429. The predicted octanol–water partition coefficient (Wildman–Crippen LogP) is 2.28. The zero-order valence-corrected chi connectivity index (χ0v) is 12.6. The number of hydrogen-bond acceptors (Lipinski definition) is 6. The van der Waals surface area contributed by atoms with E-state index in [1.54, 1.807) is 32.0 Å². The molecule has 0 aromatic heterocycles. The molecule has 0 aliphatic heterocycles. The second kappa shape index (κ2) is 8.47. The minimum atomic E-state index is -1.05. The maximum atomic E-state index is 11.9. The molecule has 0 saturated heterocycles. The summed E-state index contributed by atoms with van der Waals surface area (Å²) in [7, 11) is 1.53. The Balaban J connectivity index is 2.93. The molecule has 1 rings (SSSR count). The number of thioether (sulfide) groups is 1. The van der Waals surface area contributed by atoms with Crippen molar-refractivity contribution < 1.29 is 23.8 Å². The Hall–Kier alpha value is -1.69. The van der Waals surface area contributed by atoms with Crippen molar-refractivity contribution in [3.05, 3.63) is 24.3 Å². The molecule has 0 unspecified atom stereocenters. The lowest BCUT2D eigenvalue weighted by molar-refractivity contribution is -0.152. The van der Waals surface area contributed by atoms with Crippen LogP contribution in [0, 0.1) is 0 Å². The van der Waals surface area contributed by atoms with Crippen molar-refractivity contribution in [2.45, 2.75) is 24.0 Å². The van der Waals surface area contributed by atoms with E-state index >= 15 is 0 Å². The van der Waals surface area contributed by atoms with Gasteiger partial charge in [-0.25, -0.2) is 0 Å². The van der Waals surface area contributed by atoms with Crippen molar-refractivity contribution >= 4 is 23.7 Å². The summed E-state index contributed by atoms with van der Waals surface area (Å²) in [6.07, 6.45) is 0. The van der Waals surface area contributed by atoms with Crippen LogP contribution in [0.4, 0.5) is 0 Å². The Morgan fingerprint density at radius 1 is 1.10 bits per heavy atom. The standard InChI is InChI=1S/C14H18O5S/c1-4-18-13(15)12(14(16)19-5-2)20-11-9-7-6-8-10(11)17-3/h6-9,12H,4-5H2,1-3H3. The molecule has 0 atom stereocenters. The highest BCUT2D eigenvalue weighted by Crippen LogP contribution is 2.33. The molecule has 0 heterocycles. The van der Waals surface area contributed by atoms with Crippen LogP contribution in [-0.2, 0) is 19.1 Å². The minimum Gasteiger partial charge on any atom is -0.496 e. The summed E-state index contributed by atoms with van der Waals surface area (Å²) in [5.41, 5.74) is 0. The zero-order valence-electron chi connectivity index (χ0n) is 11.8. The van der Waals surface area contributed by atoms with E-state index in [0.29, 0.717) is 10.6 Å². The Bertz CT molecular complexity index is 443. The molecule has 1 aromatic rings. The lowest BCUT2D eigenvalue weighted by Gasteiger charge is -2.15. The summed E-state index contributed by atoms with van der Waals surface area (Å²) >= 11 is 1.06. The van der Waals surface area contributed by atoms with E-state index in [1.165, 1.54) is 7.11 Å². The smallest absolute Gasteiger partial charge is 0.331 e. The van der Waals surface area contributed by atoms with E-state index in [2.05, 4.69) is 0 Å². The molecule has 6 heteroatoms. The fourth-order valence-corrected chi connectivity index (χ4v) is 2.48. The van der Waals surface area contributed by atoms with Crippen molar-refractivity contribution in [1.29, 1.82) is 0 Å². The fourth-order valence-electron chi connectivity index (χ4n) is 1.47. The van der Waals surface area contributed by atoms with E-state index < -0.39 is 17.2 Å². The van der Waals surface area contributed by atoms with Crippen molar-refractivity contribution in [2.24, 2.45) is 0 Å². The molecule has 5 nitrogen and oxygen atoms in total. The molecule has 0 saturated carbocycles. The number of para-hydroxylation sites is 1. The predicted molar refractivity (Wildman–Crippen MR) is 75.9 cm³/mol. The number of benzene rings is 1. The van der Waals surface area contributed by atoms with Crippen LogP contribution in [0.3, 0.4) is 0 Å². The first-order chi connectivity index (χ1) is 9.63. The van der Waals surface area contributed by atoms with E-state index in [-0.39, 0.29) is 13.2 Å². The van der Waals surface area contributed by atoms with Crippen molar-refractivity contribution in [2.75, 3.05) is 20.3 Å².